The Hall–Kier alpha value is -4.06. The van der Waals surface area contributed by atoms with Crippen LogP contribution in [0.2, 0.25) is 0 Å². The quantitative estimate of drug-likeness (QED) is 0.271. The Morgan fingerprint density at radius 2 is 2.00 bits per heavy atom. The lowest BCUT2D eigenvalue weighted by molar-refractivity contribution is 0.0929. The molecule has 0 aliphatic carbocycles. The molecule has 1 aromatic heterocycles. The van der Waals surface area contributed by atoms with Gasteiger partial charge < -0.3 is 13.9 Å². The SMILES string of the molecule is C=CCOc1c(/C=N\NC(=O)c2cc3c(ccc4ccccc43)o2)cccc1OC. The van der Waals surface area contributed by atoms with Gasteiger partial charge in [-0.25, -0.2) is 5.43 Å². The summed E-state index contributed by atoms with van der Waals surface area (Å²) >= 11 is 0. The molecule has 0 unspecified atom stereocenters. The molecule has 30 heavy (non-hydrogen) atoms. The van der Waals surface area contributed by atoms with Crippen molar-refractivity contribution in [3.8, 4) is 11.5 Å². The second-order valence-corrected chi connectivity index (χ2v) is 6.49. The monoisotopic (exact) mass is 400 g/mol. The number of fused-ring (bicyclic) bond motifs is 3. The van der Waals surface area contributed by atoms with Crippen molar-refractivity contribution in [1.82, 2.24) is 5.43 Å². The Morgan fingerprint density at radius 3 is 2.83 bits per heavy atom. The number of furan rings is 1. The normalized spacial score (nSPS) is 11.1. The summed E-state index contributed by atoms with van der Waals surface area (Å²) in [5.41, 5.74) is 3.81. The summed E-state index contributed by atoms with van der Waals surface area (Å²) in [4.78, 5) is 12.5. The van der Waals surface area contributed by atoms with Gasteiger partial charge in [0.15, 0.2) is 17.3 Å². The lowest BCUT2D eigenvalue weighted by Crippen LogP contribution is -2.16. The minimum atomic E-state index is -0.442. The number of ether oxygens (including phenoxy) is 2. The van der Waals surface area contributed by atoms with Gasteiger partial charge in [0.1, 0.15) is 12.2 Å². The minimum absolute atomic E-state index is 0.187. The average molecular weight is 400 g/mol. The van der Waals surface area contributed by atoms with E-state index < -0.39 is 5.91 Å². The number of hydrogen-bond acceptors (Lipinski definition) is 5. The zero-order valence-corrected chi connectivity index (χ0v) is 16.4. The smallest absolute Gasteiger partial charge is 0.307 e. The van der Waals surface area contributed by atoms with Crippen molar-refractivity contribution in [1.29, 1.82) is 0 Å². The second-order valence-electron chi connectivity index (χ2n) is 6.49. The zero-order valence-electron chi connectivity index (χ0n) is 16.4. The van der Waals surface area contributed by atoms with Crippen LogP contribution < -0.4 is 14.9 Å². The van der Waals surface area contributed by atoms with Gasteiger partial charge in [-0.3, -0.25) is 4.79 Å². The van der Waals surface area contributed by atoms with Crippen LogP contribution in [0.5, 0.6) is 11.5 Å². The number of nitrogens with one attached hydrogen (secondary N) is 1. The lowest BCUT2D eigenvalue weighted by Gasteiger charge is -2.11. The fourth-order valence-corrected chi connectivity index (χ4v) is 3.21. The molecular formula is C24H20N2O4. The van der Waals surface area contributed by atoms with Gasteiger partial charge in [-0.05, 0) is 35.0 Å². The third kappa shape index (κ3) is 3.75. The molecule has 1 heterocycles. The predicted octanol–water partition coefficient (Wildman–Crippen LogP) is 4.92. The number of benzene rings is 3. The van der Waals surface area contributed by atoms with Crippen LogP contribution in [0.3, 0.4) is 0 Å². The van der Waals surface area contributed by atoms with E-state index in [1.54, 1.807) is 25.3 Å². The lowest BCUT2D eigenvalue weighted by atomic mass is 10.1. The summed E-state index contributed by atoms with van der Waals surface area (Å²) in [6, 6.07) is 18.9. The molecule has 0 aliphatic heterocycles. The third-order valence-electron chi connectivity index (χ3n) is 4.59. The maximum Gasteiger partial charge on any atom is 0.307 e. The standard InChI is InChI=1S/C24H20N2O4/c1-3-13-29-23-17(8-6-10-21(23)28-2)15-25-26-24(27)22-14-19-18-9-5-4-7-16(18)11-12-20(19)30-22/h3-12,14-15H,1,13H2,2H3,(H,26,27)/b25-15-. The van der Waals surface area contributed by atoms with Gasteiger partial charge in [-0.1, -0.05) is 49.1 Å². The van der Waals surface area contributed by atoms with E-state index in [9.17, 15) is 4.79 Å². The number of methoxy groups -OCH3 is 1. The first kappa shape index (κ1) is 19.3. The van der Waals surface area contributed by atoms with E-state index in [0.29, 0.717) is 29.3 Å². The van der Waals surface area contributed by atoms with E-state index in [1.807, 2.05) is 48.5 Å². The predicted molar refractivity (Wildman–Crippen MR) is 117 cm³/mol. The van der Waals surface area contributed by atoms with Crippen molar-refractivity contribution in [3.63, 3.8) is 0 Å². The van der Waals surface area contributed by atoms with Crippen LogP contribution in [0, 0.1) is 0 Å². The van der Waals surface area contributed by atoms with Gasteiger partial charge in [0, 0.05) is 10.9 Å². The third-order valence-corrected chi connectivity index (χ3v) is 4.59. The van der Waals surface area contributed by atoms with Gasteiger partial charge in [0.2, 0.25) is 0 Å². The summed E-state index contributed by atoms with van der Waals surface area (Å²) in [6.07, 6.45) is 3.14. The molecule has 6 nitrogen and oxygen atoms in total. The summed E-state index contributed by atoms with van der Waals surface area (Å²) < 4.78 is 16.7. The molecule has 3 aromatic carbocycles. The van der Waals surface area contributed by atoms with Crippen LogP contribution in [0.4, 0.5) is 0 Å². The van der Waals surface area contributed by atoms with Crippen molar-refractivity contribution < 1.29 is 18.7 Å². The highest BCUT2D eigenvalue weighted by molar-refractivity contribution is 6.08. The fourth-order valence-electron chi connectivity index (χ4n) is 3.21. The molecule has 0 saturated heterocycles. The van der Waals surface area contributed by atoms with Crippen LogP contribution in [0.25, 0.3) is 21.7 Å². The molecule has 0 spiro atoms. The molecular weight excluding hydrogens is 380 g/mol. The molecule has 6 heteroatoms. The molecule has 1 amide bonds. The molecule has 0 fully saturated rings. The van der Waals surface area contributed by atoms with Gasteiger partial charge >= 0.3 is 5.91 Å². The number of nitrogens with zero attached hydrogens (tertiary/aromatic N) is 1. The summed E-state index contributed by atoms with van der Waals surface area (Å²) in [7, 11) is 1.56. The number of hydrogen-bond donors (Lipinski definition) is 1. The Balaban J connectivity index is 1.56. The van der Waals surface area contributed by atoms with E-state index >= 15 is 0 Å². The molecule has 0 bridgehead atoms. The highest BCUT2D eigenvalue weighted by atomic mass is 16.5. The zero-order chi connectivity index (χ0) is 20.9. The summed E-state index contributed by atoms with van der Waals surface area (Å²) in [6.45, 7) is 3.97. The van der Waals surface area contributed by atoms with Crippen molar-refractivity contribution >= 4 is 33.9 Å². The van der Waals surface area contributed by atoms with Crippen LogP contribution >= 0.6 is 0 Å². The van der Waals surface area contributed by atoms with Gasteiger partial charge in [0.05, 0.1) is 13.3 Å². The maximum absolute atomic E-state index is 12.5. The maximum atomic E-state index is 12.5. The second kappa shape index (κ2) is 8.53. The number of rotatable bonds is 7. The highest BCUT2D eigenvalue weighted by Gasteiger charge is 2.14. The summed E-state index contributed by atoms with van der Waals surface area (Å²) in [5.74, 6) is 0.833. The molecule has 1 N–H and O–H groups in total. The van der Waals surface area contributed by atoms with Crippen LogP contribution in [0.1, 0.15) is 16.1 Å². The highest BCUT2D eigenvalue weighted by Crippen LogP contribution is 2.30. The topological polar surface area (TPSA) is 73.1 Å². The van der Waals surface area contributed by atoms with E-state index in [0.717, 1.165) is 16.2 Å². The number of hydrazone groups is 1. The van der Waals surface area contributed by atoms with E-state index in [1.165, 1.54) is 6.21 Å². The van der Waals surface area contributed by atoms with Gasteiger partial charge in [-0.15, -0.1) is 0 Å². The molecule has 150 valence electrons. The van der Waals surface area contributed by atoms with Crippen molar-refractivity contribution in [3.05, 3.63) is 84.6 Å². The molecule has 4 aromatic rings. The average Bonchev–Trinajstić information content (AvgIpc) is 3.23. The molecule has 4 rings (SSSR count). The van der Waals surface area contributed by atoms with E-state index in [4.69, 9.17) is 13.9 Å². The Labute approximate surface area is 173 Å². The summed E-state index contributed by atoms with van der Waals surface area (Å²) in [5, 5.41) is 7.05. The molecule has 0 radical (unpaired) electrons. The van der Waals surface area contributed by atoms with E-state index in [2.05, 4.69) is 17.1 Å². The number of para-hydroxylation sites is 1. The van der Waals surface area contributed by atoms with Crippen LogP contribution in [0.15, 0.2) is 82.8 Å². The van der Waals surface area contributed by atoms with Crippen LogP contribution in [-0.2, 0) is 0 Å². The molecule has 0 aliphatic rings. The first-order valence-corrected chi connectivity index (χ1v) is 9.36. The van der Waals surface area contributed by atoms with Crippen molar-refractivity contribution in [2.45, 2.75) is 0 Å². The number of carbonyl (C=O) groups is 1. The Morgan fingerprint density at radius 1 is 1.13 bits per heavy atom. The number of carbonyl (C=O) groups excluding carboxylic acids is 1. The van der Waals surface area contributed by atoms with Crippen molar-refractivity contribution in [2.75, 3.05) is 13.7 Å². The van der Waals surface area contributed by atoms with Crippen LogP contribution in [-0.4, -0.2) is 25.8 Å². The first-order chi connectivity index (χ1) is 14.7. The molecule has 0 saturated carbocycles. The van der Waals surface area contributed by atoms with Crippen molar-refractivity contribution in [2.24, 2.45) is 5.10 Å². The largest absolute Gasteiger partial charge is 0.493 e. The van der Waals surface area contributed by atoms with Gasteiger partial charge in [0.25, 0.3) is 0 Å². The molecule has 0 atom stereocenters. The Kier molecular flexibility index (Phi) is 5.48. The Bertz CT molecular complexity index is 1260. The first-order valence-electron chi connectivity index (χ1n) is 9.36. The van der Waals surface area contributed by atoms with E-state index in [-0.39, 0.29) is 5.76 Å². The number of amides is 1. The minimum Gasteiger partial charge on any atom is -0.493 e. The fraction of sp³-hybridized carbons (Fsp3) is 0.0833. The van der Waals surface area contributed by atoms with Gasteiger partial charge in [-0.2, -0.15) is 5.10 Å².